The summed E-state index contributed by atoms with van der Waals surface area (Å²) in [5.74, 6) is 1.81. The average molecular weight is 372 g/mol. The van der Waals surface area contributed by atoms with Gasteiger partial charge in [-0.25, -0.2) is 9.97 Å². The standard InChI is InChI=1S/C20H20N8/c1-28-9-8-23-19(28)13-4-2-6-15(10-13)25-18-17(22)12-24-20(27-18)26-16-7-3-5-14(21)11-16/h2-12H,21-22H2,1H3,(H2,24,25,26,27). The van der Waals surface area contributed by atoms with E-state index in [-0.39, 0.29) is 0 Å². The summed E-state index contributed by atoms with van der Waals surface area (Å²) < 4.78 is 1.96. The van der Waals surface area contributed by atoms with Gasteiger partial charge >= 0.3 is 0 Å². The highest BCUT2D eigenvalue weighted by Crippen LogP contribution is 2.26. The van der Waals surface area contributed by atoms with Crippen LogP contribution >= 0.6 is 0 Å². The second-order valence-corrected chi connectivity index (χ2v) is 6.32. The maximum absolute atomic E-state index is 6.06. The summed E-state index contributed by atoms with van der Waals surface area (Å²) in [6.07, 6.45) is 5.24. The number of nitrogens with one attached hydrogen (secondary N) is 2. The molecule has 0 spiro atoms. The lowest BCUT2D eigenvalue weighted by Crippen LogP contribution is -2.04. The van der Waals surface area contributed by atoms with Gasteiger partial charge in [0.25, 0.3) is 0 Å². The van der Waals surface area contributed by atoms with E-state index in [1.54, 1.807) is 12.4 Å². The summed E-state index contributed by atoms with van der Waals surface area (Å²) >= 11 is 0. The number of anilines is 6. The Morgan fingerprint density at radius 3 is 2.46 bits per heavy atom. The maximum atomic E-state index is 6.06. The first-order chi connectivity index (χ1) is 13.6. The molecule has 0 aliphatic heterocycles. The van der Waals surface area contributed by atoms with Crippen molar-refractivity contribution >= 4 is 34.5 Å². The number of hydrogen-bond acceptors (Lipinski definition) is 7. The van der Waals surface area contributed by atoms with Crippen LogP contribution in [-0.2, 0) is 7.05 Å². The molecule has 2 aromatic heterocycles. The van der Waals surface area contributed by atoms with Crippen LogP contribution in [0.2, 0.25) is 0 Å². The lowest BCUT2D eigenvalue weighted by atomic mass is 10.2. The normalized spacial score (nSPS) is 10.6. The van der Waals surface area contributed by atoms with E-state index in [4.69, 9.17) is 11.5 Å². The highest BCUT2D eigenvalue weighted by Gasteiger charge is 2.08. The molecule has 0 saturated heterocycles. The summed E-state index contributed by atoms with van der Waals surface area (Å²) in [6, 6.07) is 15.3. The first-order valence-corrected chi connectivity index (χ1v) is 8.68. The van der Waals surface area contributed by atoms with Crippen LogP contribution in [0.1, 0.15) is 0 Å². The number of benzene rings is 2. The van der Waals surface area contributed by atoms with E-state index in [2.05, 4.69) is 25.6 Å². The van der Waals surface area contributed by atoms with Crippen molar-refractivity contribution in [1.29, 1.82) is 0 Å². The smallest absolute Gasteiger partial charge is 0.229 e. The van der Waals surface area contributed by atoms with Crippen LogP contribution in [0.5, 0.6) is 0 Å². The van der Waals surface area contributed by atoms with E-state index in [1.165, 1.54) is 0 Å². The number of imidazole rings is 1. The van der Waals surface area contributed by atoms with Gasteiger partial charge < -0.3 is 26.7 Å². The molecule has 2 heterocycles. The lowest BCUT2D eigenvalue weighted by molar-refractivity contribution is 0.925. The number of nitrogens with two attached hydrogens (primary N) is 2. The molecule has 140 valence electrons. The number of nitrogens with zero attached hydrogens (tertiary/aromatic N) is 4. The van der Waals surface area contributed by atoms with Crippen LogP contribution < -0.4 is 22.1 Å². The van der Waals surface area contributed by atoms with Gasteiger partial charge in [0.2, 0.25) is 5.95 Å². The summed E-state index contributed by atoms with van der Waals surface area (Å²) in [7, 11) is 1.96. The molecule has 2 aromatic carbocycles. The van der Waals surface area contributed by atoms with Gasteiger partial charge in [-0.1, -0.05) is 18.2 Å². The molecule has 4 aromatic rings. The van der Waals surface area contributed by atoms with E-state index < -0.39 is 0 Å². The van der Waals surface area contributed by atoms with E-state index in [0.29, 0.717) is 23.1 Å². The van der Waals surface area contributed by atoms with Crippen LogP contribution in [0, 0.1) is 0 Å². The van der Waals surface area contributed by atoms with Crippen molar-refractivity contribution in [3.05, 3.63) is 67.1 Å². The topological polar surface area (TPSA) is 120 Å². The second-order valence-electron chi connectivity index (χ2n) is 6.32. The Labute approximate surface area is 162 Å². The minimum atomic E-state index is 0.419. The van der Waals surface area contributed by atoms with E-state index in [1.807, 2.05) is 66.3 Å². The summed E-state index contributed by atoms with van der Waals surface area (Å²) in [4.78, 5) is 13.1. The molecule has 28 heavy (non-hydrogen) atoms. The maximum Gasteiger partial charge on any atom is 0.229 e. The van der Waals surface area contributed by atoms with Crippen molar-refractivity contribution in [2.24, 2.45) is 7.05 Å². The molecule has 4 rings (SSSR count). The van der Waals surface area contributed by atoms with Gasteiger partial charge in [0.15, 0.2) is 5.82 Å². The average Bonchev–Trinajstić information content (AvgIpc) is 3.11. The van der Waals surface area contributed by atoms with Gasteiger partial charge in [-0.05, 0) is 30.3 Å². The zero-order valence-corrected chi connectivity index (χ0v) is 15.3. The Bertz CT molecular complexity index is 1120. The molecule has 0 atom stereocenters. The van der Waals surface area contributed by atoms with Crippen molar-refractivity contribution in [1.82, 2.24) is 19.5 Å². The SMILES string of the molecule is Cn1ccnc1-c1cccc(Nc2nc(Nc3cccc(N)c3)ncc2N)c1. The van der Waals surface area contributed by atoms with Crippen LogP contribution in [0.3, 0.4) is 0 Å². The molecule has 0 aliphatic carbocycles. The minimum absolute atomic E-state index is 0.419. The van der Waals surface area contributed by atoms with Crippen molar-refractivity contribution in [2.45, 2.75) is 0 Å². The molecule has 8 heteroatoms. The molecule has 6 N–H and O–H groups in total. The summed E-state index contributed by atoms with van der Waals surface area (Å²) in [5, 5.41) is 6.38. The van der Waals surface area contributed by atoms with Gasteiger partial charge in [0, 0.05) is 42.1 Å². The third kappa shape index (κ3) is 3.70. The number of aryl methyl sites for hydroxylation is 1. The monoisotopic (exact) mass is 372 g/mol. The quantitative estimate of drug-likeness (QED) is 0.396. The second kappa shape index (κ2) is 7.28. The lowest BCUT2D eigenvalue weighted by Gasteiger charge is -2.12. The fourth-order valence-electron chi connectivity index (χ4n) is 2.81. The first kappa shape index (κ1) is 17.3. The molecule has 0 fully saturated rings. The number of hydrogen-bond donors (Lipinski definition) is 4. The predicted molar refractivity (Wildman–Crippen MR) is 113 cm³/mol. The zero-order valence-electron chi connectivity index (χ0n) is 15.3. The van der Waals surface area contributed by atoms with Crippen LogP contribution in [-0.4, -0.2) is 19.5 Å². The molecule has 0 amide bonds. The Morgan fingerprint density at radius 1 is 0.929 bits per heavy atom. The Morgan fingerprint density at radius 2 is 1.71 bits per heavy atom. The number of nitrogen functional groups attached to an aromatic ring is 2. The summed E-state index contributed by atoms with van der Waals surface area (Å²) in [5.41, 5.74) is 15.6. The van der Waals surface area contributed by atoms with E-state index >= 15 is 0 Å². The van der Waals surface area contributed by atoms with Crippen molar-refractivity contribution in [2.75, 3.05) is 22.1 Å². The Hall–Kier alpha value is -4.07. The third-order valence-electron chi connectivity index (χ3n) is 4.16. The van der Waals surface area contributed by atoms with Gasteiger partial charge in [-0.15, -0.1) is 0 Å². The number of aromatic nitrogens is 4. The Kier molecular flexibility index (Phi) is 4.51. The largest absolute Gasteiger partial charge is 0.399 e. The molecule has 0 bridgehead atoms. The fourth-order valence-corrected chi connectivity index (χ4v) is 2.81. The molecule has 0 aliphatic rings. The van der Waals surface area contributed by atoms with Gasteiger partial charge in [0.05, 0.1) is 11.9 Å². The zero-order chi connectivity index (χ0) is 19.5. The minimum Gasteiger partial charge on any atom is -0.399 e. The van der Waals surface area contributed by atoms with Crippen LogP contribution in [0.4, 0.5) is 34.5 Å². The first-order valence-electron chi connectivity index (χ1n) is 8.68. The highest BCUT2D eigenvalue weighted by atomic mass is 15.2. The molecule has 8 nitrogen and oxygen atoms in total. The van der Waals surface area contributed by atoms with Crippen molar-refractivity contribution in [3.8, 4) is 11.4 Å². The van der Waals surface area contributed by atoms with Gasteiger partial charge in [-0.2, -0.15) is 4.98 Å². The molecule has 0 unspecified atom stereocenters. The van der Waals surface area contributed by atoms with Crippen molar-refractivity contribution < 1.29 is 0 Å². The van der Waals surface area contributed by atoms with Crippen molar-refractivity contribution in [3.63, 3.8) is 0 Å². The molecular weight excluding hydrogens is 352 g/mol. The predicted octanol–water partition coefficient (Wildman–Crippen LogP) is 3.53. The molecular formula is C20H20N8. The van der Waals surface area contributed by atoms with Crippen LogP contribution in [0.25, 0.3) is 11.4 Å². The summed E-state index contributed by atoms with van der Waals surface area (Å²) in [6.45, 7) is 0. The van der Waals surface area contributed by atoms with Crippen LogP contribution in [0.15, 0.2) is 67.1 Å². The molecule has 0 radical (unpaired) electrons. The van der Waals surface area contributed by atoms with Gasteiger partial charge in [0.1, 0.15) is 5.82 Å². The Balaban J connectivity index is 1.59. The highest BCUT2D eigenvalue weighted by molar-refractivity contribution is 5.73. The molecule has 0 saturated carbocycles. The fraction of sp³-hybridized carbons (Fsp3) is 0.0500. The number of rotatable bonds is 5. The van der Waals surface area contributed by atoms with E-state index in [9.17, 15) is 0 Å². The third-order valence-corrected chi connectivity index (χ3v) is 4.16. The van der Waals surface area contributed by atoms with E-state index in [0.717, 1.165) is 22.8 Å². The van der Waals surface area contributed by atoms with Gasteiger partial charge in [-0.3, -0.25) is 0 Å².